The summed E-state index contributed by atoms with van der Waals surface area (Å²) < 4.78 is 0. The number of aromatic amines is 1. The molecule has 6 unspecified atom stereocenters. The summed E-state index contributed by atoms with van der Waals surface area (Å²) >= 11 is 0. The number of benzene rings is 1. The summed E-state index contributed by atoms with van der Waals surface area (Å²) in [5, 5.41) is 27.3. The second kappa shape index (κ2) is 13.5. The molecule has 0 fully saturated rings. The van der Waals surface area contributed by atoms with Crippen molar-refractivity contribution in [2.75, 3.05) is 0 Å². The molecule has 2 rings (SSSR count). The number of H-pyrrole nitrogens is 1. The van der Waals surface area contributed by atoms with E-state index in [1.54, 1.807) is 20.0 Å². The number of primary amides is 1. The summed E-state index contributed by atoms with van der Waals surface area (Å²) in [6.07, 6.45) is 0.370. The first-order valence-corrected chi connectivity index (χ1v) is 12.3. The summed E-state index contributed by atoms with van der Waals surface area (Å²) in [5.74, 6) is -5.12. The zero-order valence-electron chi connectivity index (χ0n) is 21.6. The maximum atomic E-state index is 13.5. The minimum absolute atomic E-state index is 0.0301. The molecule has 208 valence electrons. The summed E-state index contributed by atoms with van der Waals surface area (Å²) in [6, 6.07) is 2.12. The van der Waals surface area contributed by atoms with Gasteiger partial charge in [-0.3, -0.25) is 19.2 Å². The van der Waals surface area contributed by atoms with Gasteiger partial charge in [0.2, 0.25) is 23.6 Å². The molecular formula is C25H36N6O7. The maximum absolute atomic E-state index is 13.5. The Kier molecular flexibility index (Phi) is 10.8. The van der Waals surface area contributed by atoms with Crippen molar-refractivity contribution >= 4 is 40.5 Å². The van der Waals surface area contributed by atoms with Gasteiger partial charge in [-0.25, -0.2) is 4.79 Å². The Morgan fingerprint density at radius 3 is 2.18 bits per heavy atom. The molecule has 0 aliphatic rings. The van der Waals surface area contributed by atoms with Crippen LogP contribution >= 0.6 is 0 Å². The van der Waals surface area contributed by atoms with E-state index >= 15 is 0 Å². The van der Waals surface area contributed by atoms with Gasteiger partial charge in [0.25, 0.3) is 0 Å². The Morgan fingerprint density at radius 2 is 1.61 bits per heavy atom. The molecule has 1 aromatic heterocycles. The van der Waals surface area contributed by atoms with Crippen molar-refractivity contribution in [1.82, 2.24) is 20.9 Å². The van der Waals surface area contributed by atoms with Gasteiger partial charge in [-0.2, -0.15) is 0 Å². The number of aliphatic hydroxyl groups is 1. The summed E-state index contributed by atoms with van der Waals surface area (Å²) in [5.41, 5.74) is 12.4. The number of aromatic nitrogens is 1. The van der Waals surface area contributed by atoms with Gasteiger partial charge in [0, 0.05) is 23.5 Å². The van der Waals surface area contributed by atoms with Crippen LogP contribution in [0.1, 0.15) is 39.2 Å². The molecule has 1 heterocycles. The van der Waals surface area contributed by atoms with Crippen LogP contribution in [0.15, 0.2) is 30.5 Å². The number of amides is 4. The highest BCUT2D eigenvalue weighted by molar-refractivity contribution is 5.95. The Bertz CT molecular complexity index is 1160. The lowest BCUT2D eigenvalue weighted by molar-refractivity contribution is -0.144. The molecule has 0 aliphatic carbocycles. The van der Waals surface area contributed by atoms with Crippen LogP contribution in [0.2, 0.25) is 0 Å². The molecule has 0 aliphatic heterocycles. The van der Waals surface area contributed by atoms with Gasteiger partial charge in [0.15, 0.2) is 0 Å². The van der Waals surface area contributed by atoms with E-state index in [-0.39, 0.29) is 6.42 Å². The topological polar surface area (TPSA) is 230 Å². The van der Waals surface area contributed by atoms with E-state index in [0.717, 1.165) is 10.9 Å². The molecule has 4 amide bonds. The van der Waals surface area contributed by atoms with Crippen molar-refractivity contribution in [3.8, 4) is 0 Å². The molecule has 0 spiro atoms. The Labute approximate surface area is 219 Å². The molecule has 13 heteroatoms. The number of aliphatic hydroxyl groups excluding tert-OH is 1. The largest absolute Gasteiger partial charge is 0.480 e. The second-order valence-electron chi connectivity index (χ2n) is 9.33. The number of hydrogen-bond acceptors (Lipinski definition) is 7. The Morgan fingerprint density at radius 1 is 0.974 bits per heavy atom. The van der Waals surface area contributed by atoms with Gasteiger partial charge < -0.3 is 42.6 Å². The first kappa shape index (κ1) is 30.3. The quantitative estimate of drug-likeness (QED) is 0.148. The highest BCUT2D eigenvalue weighted by Gasteiger charge is 2.34. The number of carbonyl (C=O) groups excluding carboxylic acids is 4. The second-order valence-corrected chi connectivity index (χ2v) is 9.33. The third-order valence-electron chi connectivity index (χ3n) is 6.37. The van der Waals surface area contributed by atoms with E-state index < -0.39 is 72.2 Å². The zero-order chi connectivity index (χ0) is 28.6. The third kappa shape index (κ3) is 8.02. The van der Waals surface area contributed by atoms with E-state index in [2.05, 4.69) is 20.9 Å². The smallest absolute Gasteiger partial charge is 0.326 e. The van der Waals surface area contributed by atoms with Crippen molar-refractivity contribution in [3.05, 3.63) is 36.0 Å². The highest BCUT2D eigenvalue weighted by Crippen LogP contribution is 2.19. The number of aliphatic carboxylic acids is 1. The number of nitrogens with one attached hydrogen (secondary N) is 4. The lowest BCUT2D eigenvalue weighted by Crippen LogP contribution is -2.60. The summed E-state index contributed by atoms with van der Waals surface area (Å²) in [7, 11) is 0. The minimum Gasteiger partial charge on any atom is -0.480 e. The number of carboxylic acids is 1. The predicted octanol–water partition coefficient (Wildman–Crippen LogP) is -1.12. The lowest BCUT2D eigenvalue weighted by atomic mass is 9.96. The van der Waals surface area contributed by atoms with Gasteiger partial charge in [-0.05, 0) is 24.5 Å². The van der Waals surface area contributed by atoms with Gasteiger partial charge in [0.05, 0.1) is 12.5 Å². The molecular weight excluding hydrogens is 496 g/mol. The minimum atomic E-state index is -1.57. The predicted molar refractivity (Wildman–Crippen MR) is 138 cm³/mol. The molecule has 0 radical (unpaired) electrons. The number of fused-ring (bicyclic) bond motifs is 1. The van der Waals surface area contributed by atoms with E-state index in [1.165, 1.54) is 6.92 Å². The molecule has 1 aromatic carbocycles. The normalized spacial score (nSPS) is 15.9. The molecule has 0 bridgehead atoms. The van der Waals surface area contributed by atoms with Crippen LogP contribution in [-0.4, -0.2) is 75.1 Å². The lowest BCUT2D eigenvalue weighted by Gasteiger charge is -2.28. The van der Waals surface area contributed by atoms with Crippen LogP contribution in [0.3, 0.4) is 0 Å². The van der Waals surface area contributed by atoms with Crippen molar-refractivity contribution in [1.29, 1.82) is 0 Å². The van der Waals surface area contributed by atoms with Crippen LogP contribution in [0.4, 0.5) is 0 Å². The van der Waals surface area contributed by atoms with Gasteiger partial charge >= 0.3 is 5.97 Å². The van der Waals surface area contributed by atoms with Crippen LogP contribution in [-0.2, 0) is 30.4 Å². The third-order valence-corrected chi connectivity index (χ3v) is 6.37. The average molecular weight is 533 g/mol. The Balaban J connectivity index is 2.33. The number of hydrogen-bond donors (Lipinski definition) is 8. The Hall–Kier alpha value is -3.97. The summed E-state index contributed by atoms with van der Waals surface area (Å²) in [6.45, 7) is 4.81. The summed E-state index contributed by atoms with van der Waals surface area (Å²) in [4.78, 5) is 65.0. The van der Waals surface area contributed by atoms with Crippen LogP contribution in [0.5, 0.6) is 0 Å². The molecule has 38 heavy (non-hydrogen) atoms. The fourth-order valence-corrected chi connectivity index (χ4v) is 3.84. The standard InChI is InChI=1S/C25H36N6O7/c1-4-12(2)21(24(36)30-18(25(37)38)10-19(26)33)31-22(34)17(29-23(35)20(27)13(3)32)9-14-11-28-16-8-6-5-7-15(14)16/h5-8,11-13,17-18,20-21,28,32H,4,9-10,27H2,1-3H3,(H2,26,33)(H,29,35)(H,30,36)(H,31,34)(H,37,38). The van der Waals surface area contributed by atoms with Crippen molar-refractivity contribution in [3.63, 3.8) is 0 Å². The fraction of sp³-hybridized carbons (Fsp3) is 0.480. The van der Waals surface area contributed by atoms with E-state index in [4.69, 9.17) is 11.5 Å². The van der Waals surface area contributed by atoms with E-state index in [0.29, 0.717) is 12.0 Å². The van der Waals surface area contributed by atoms with Crippen molar-refractivity contribution in [2.24, 2.45) is 17.4 Å². The van der Waals surface area contributed by atoms with Crippen LogP contribution in [0, 0.1) is 5.92 Å². The van der Waals surface area contributed by atoms with Gasteiger partial charge in [-0.1, -0.05) is 38.5 Å². The highest BCUT2D eigenvalue weighted by atomic mass is 16.4. The van der Waals surface area contributed by atoms with Crippen LogP contribution in [0.25, 0.3) is 10.9 Å². The molecule has 6 atom stereocenters. The first-order valence-electron chi connectivity index (χ1n) is 12.3. The zero-order valence-corrected chi connectivity index (χ0v) is 21.6. The number of carbonyl (C=O) groups is 5. The first-order chi connectivity index (χ1) is 17.8. The van der Waals surface area contributed by atoms with Crippen molar-refractivity contribution < 1.29 is 34.2 Å². The number of para-hydroxylation sites is 1. The maximum Gasteiger partial charge on any atom is 0.326 e. The monoisotopic (exact) mass is 532 g/mol. The molecule has 13 nitrogen and oxygen atoms in total. The SMILES string of the molecule is CCC(C)C(NC(=O)C(Cc1c[nH]c2ccccc12)NC(=O)C(N)C(C)O)C(=O)NC(CC(N)=O)C(=O)O. The van der Waals surface area contributed by atoms with Gasteiger partial charge in [0.1, 0.15) is 24.2 Å². The average Bonchev–Trinajstić information content (AvgIpc) is 3.27. The molecule has 0 saturated carbocycles. The van der Waals surface area contributed by atoms with Crippen molar-refractivity contribution in [2.45, 2.75) is 70.3 Å². The molecule has 2 aromatic rings. The van der Waals surface area contributed by atoms with E-state index in [1.807, 2.05) is 24.3 Å². The molecule has 0 saturated heterocycles. The van der Waals surface area contributed by atoms with Crippen LogP contribution < -0.4 is 27.4 Å². The number of carboxylic acid groups (broad SMARTS) is 1. The number of nitrogens with two attached hydrogens (primary N) is 2. The van der Waals surface area contributed by atoms with E-state index in [9.17, 15) is 34.2 Å². The fourth-order valence-electron chi connectivity index (χ4n) is 3.84. The number of rotatable bonds is 14. The molecule has 10 N–H and O–H groups in total. The van der Waals surface area contributed by atoms with Gasteiger partial charge in [-0.15, -0.1) is 0 Å².